The summed E-state index contributed by atoms with van der Waals surface area (Å²) in [6, 6.07) is 14.2. The molecule has 25 heavy (non-hydrogen) atoms. The number of non-ortho nitro benzene ring substituents is 1. The lowest BCUT2D eigenvalue weighted by Gasteiger charge is -2.04. The van der Waals surface area contributed by atoms with Crippen molar-refractivity contribution in [3.8, 4) is 5.75 Å². The van der Waals surface area contributed by atoms with Gasteiger partial charge in [-0.1, -0.05) is 24.3 Å². The van der Waals surface area contributed by atoms with Crippen molar-refractivity contribution < 1.29 is 18.4 Å². The van der Waals surface area contributed by atoms with Gasteiger partial charge in [0.25, 0.3) is 5.69 Å². The second-order valence-corrected chi connectivity index (χ2v) is 5.12. The number of pyridine rings is 1. The summed E-state index contributed by atoms with van der Waals surface area (Å²) in [5, 5.41) is 11.5. The van der Waals surface area contributed by atoms with Gasteiger partial charge in [-0.15, -0.1) is 0 Å². The van der Waals surface area contributed by atoms with E-state index in [0.29, 0.717) is 16.6 Å². The molecule has 0 saturated carbocycles. The minimum Gasteiger partial charge on any atom is -0.435 e. The molecule has 0 fully saturated rings. The van der Waals surface area contributed by atoms with Crippen LogP contribution >= 0.6 is 0 Å². The van der Waals surface area contributed by atoms with Gasteiger partial charge in [0.05, 0.1) is 21.5 Å². The first-order valence-electron chi connectivity index (χ1n) is 7.30. The van der Waals surface area contributed by atoms with Gasteiger partial charge in [-0.2, -0.15) is 8.78 Å². The number of hydrogen-bond donors (Lipinski definition) is 0. The summed E-state index contributed by atoms with van der Waals surface area (Å²) in [5.74, 6) is 0.0864. The lowest BCUT2D eigenvalue weighted by molar-refractivity contribution is -0.383. The number of nitrogens with zero attached hydrogens (tertiary/aromatic N) is 2. The van der Waals surface area contributed by atoms with E-state index < -0.39 is 11.5 Å². The van der Waals surface area contributed by atoms with E-state index in [1.807, 2.05) is 0 Å². The fraction of sp³-hybridized carbons (Fsp3) is 0.0556. The predicted molar refractivity (Wildman–Crippen MR) is 90.4 cm³/mol. The van der Waals surface area contributed by atoms with Gasteiger partial charge in [0.15, 0.2) is 0 Å². The maximum absolute atomic E-state index is 12.1. The van der Waals surface area contributed by atoms with Crippen LogP contribution in [0.3, 0.4) is 0 Å². The molecule has 126 valence electrons. The van der Waals surface area contributed by atoms with Crippen LogP contribution in [0.1, 0.15) is 11.3 Å². The summed E-state index contributed by atoms with van der Waals surface area (Å²) in [7, 11) is 0. The maximum atomic E-state index is 12.1. The second-order valence-electron chi connectivity index (χ2n) is 5.12. The standard InChI is InChI=1S/C18H12F2N2O3/c19-18(20)25-14-9-5-12(6-10-14)4-7-13-8-11-15-16(21-13)2-1-3-17(15)22(23)24/h1-11,18H/b7-4+. The molecule has 3 rings (SSSR count). The van der Waals surface area contributed by atoms with Crippen molar-refractivity contribution in [3.05, 3.63) is 76.0 Å². The van der Waals surface area contributed by atoms with Gasteiger partial charge in [-0.25, -0.2) is 4.98 Å². The molecular formula is C18H12F2N2O3. The minimum atomic E-state index is -2.85. The molecule has 7 heteroatoms. The van der Waals surface area contributed by atoms with Crippen molar-refractivity contribution in [1.29, 1.82) is 0 Å². The van der Waals surface area contributed by atoms with E-state index in [9.17, 15) is 18.9 Å². The fourth-order valence-corrected chi connectivity index (χ4v) is 2.35. The van der Waals surface area contributed by atoms with Crippen LogP contribution < -0.4 is 4.74 Å². The molecule has 0 aliphatic heterocycles. The molecule has 0 radical (unpaired) electrons. The highest BCUT2D eigenvalue weighted by atomic mass is 19.3. The number of alkyl halides is 2. The number of hydrogen-bond acceptors (Lipinski definition) is 4. The van der Waals surface area contributed by atoms with E-state index in [1.54, 1.807) is 48.6 Å². The van der Waals surface area contributed by atoms with Crippen molar-refractivity contribution >= 4 is 28.7 Å². The van der Waals surface area contributed by atoms with Crippen LogP contribution in [0.2, 0.25) is 0 Å². The number of rotatable bonds is 5. The number of nitro benzene ring substituents is 1. The molecule has 0 aliphatic rings. The summed E-state index contributed by atoms with van der Waals surface area (Å²) >= 11 is 0. The molecule has 1 heterocycles. The summed E-state index contributed by atoms with van der Waals surface area (Å²) < 4.78 is 28.5. The lowest BCUT2D eigenvalue weighted by Crippen LogP contribution is -2.01. The first-order chi connectivity index (χ1) is 12.0. The minimum absolute atomic E-state index is 0.00940. The quantitative estimate of drug-likeness (QED) is 0.488. The molecule has 0 saturated heterocycles. The van der Waals surface area contributed by atoms with Crippen LogP contribution in [-0.4, -0.2) is 16.5 Å². The summed E-state index contributed by atoms with van der Waals surface area (Å²) in [5.41, 5.74) is 1.94. The van der Waals surface area contributed by atoms with Gasteiger partial charge >= 0.3 is 6.61 Å². The Labute approximate surface area is 141 Å². The van der Waals surface area contributed by atoms with E-state index >= 15 is 0 Å². The van der Waals surface area contributed by atoms with E-state index in [4.69, 9.17) is 0 Å². The SMILES string of the molecule is O=[N+]([O-])c1cccc2nc(/C=C/c3ccc(OC(F)F)cc3)ccc12. The smallest absolute Gasteiger partial charge is 0.387 e. The third kappa shape index (κ3) is 3.95. The third-order valence-corrected chi connectivity index (χ3v) is 3.48. The van der Waals surface area contributed by atoms with Crippen LogP contribution in [0.5, 0.6) is 5.75 Å². The second kappa shape index (κ2) is 7.04. The van der Waals surface area contributed by atoms with Crippen LogP contribution in [0.15, 0.2) is 54.6 Å². The summed E-state index contributed by atoms with van der Waals surface area (Å²) in [6.07, 6.45) is 3.50. The Kier molecular flexibility index (Phi) is 4.65. The number of aromatic nitrogens is 1. The molecule has 0 bridgehead atoms. The van der Waals surface area contributed by atoms with Gasteiger partial charge in [0, 0.05) is 6.07 Å². The van der Waals surface area contributed by atoms with Gasteiger partial charge in [-0.05, 0) is 42.0 Å². The molecule has 0 amide bonds. The number of benzene rings is 2. The molecular weight excluding hydrogens is 330 g/mol. The Morgan fingerprint density at radius 3 is 2.48 bits per heavy atom. The molecule has 0 atom stereocenters. The monoisotopic (exact) mass is 342 g/mol. The Morgan fingerprint density at radius 1 is 1.04 bits per heavy atom. The number of halogens is 2. The lowest BCUT2D eigenvalue weighted by atomic mass is 10.1. The Hall–Kier alpha value is -3.35. The average Bonchev–Trinajstić information content (AvgIpc) is 2.59. The molecule has 0 N–H and O–H groups in total. The van der Waals surface area contributed by atoms with Crippen molar-refractivity contribution in [2.24, 2.45) is 0 Å². The highest BCUT2D eigenvalue weighted by molar-refractivity contribution is 5.88. The van der Waals surface area contributed by atoms with Crippen molar-refractivity contribution in [1.82, 2.24) is 4.98 Å². The van der Waals surface area contributed by atoms with Gasteiger partial charge in [-0.3, -0.25) is 10.1 Å². The predicted octanol–water partition coefficient (Wildman–Crippen LogP) is 4.91. The topological polar surface area (TPSA) is 65.3 Å². The van der Waals surface area contributed by atoms with Crippen molar-refractivity contribution in [2.75, 3.05) is 0 Å². The molecule has 0 spiro atoms. The first-order valence-corrected chi connectivity index (χ1v) is 7.30. The Morgan fingerprint density at radius 2 is 1.80 bits per heavy atom. The highest BCUT2D eigenvalue weighted by Gasteiger charge is 2.11. The van der Waals surface area contributed by atoms with Crippen LogP contribution in [0.25, 0.3) is 23.1 Å². The van der Waals surface area contributed by atoms with Crippen molar-refractivity contribution in [3.63, 3.8) is 0 Å². The van der Waals surface area contributed by atoms with Crippen LogP contribution in [0.4, 0.5) is 14.5 Å². The average molecular weight is 342 g/mol. The molecule has 5 nitrogen and oxygen atoms in total. The zero-order chi connectivity index (χ0) is 17.8. The van der Waals surface area contributed by atoms with Gasteiger partial charge in [0.2, 0.25) is 0 Å². The highest BCUT2D eigenvalue weighted by Crippen LogP contribution is 2.24. The van der Waals surface area contributed by atoms with Gasteiger partial charge < -0.3 is 4.74 Å². The molecule has 3 aromatic rings. The molecule has 2 aromatic carbocycles. The Bertz CT molecular complexity index is 941. The number of fused-ring (bicyclic) bond motifs is 1. The maximum Gasteiger partial charge on any atom is 0.387 e. The summed E-state index contributed by atoms with van der Waals surface area (Å²) in [6.45, 7) is -2.85. The van der Waals surface area contributed by atoms with Gasteiger partial charge in [0.1, 0.15) is 5.75 Å². The molecule has 1 aromatic heterocycles. The van der Waals surface area contributed by atoms with E-state index in [0.717, 1.165) is 5.56 Å². The fourth-order valence-electron chi connectivity index (χ4n) is 2.35. The number of ether oxygens (including phenoxy) is 1. The Balaban J connectivity index is 1.83. The van der Waals surface area contributed by atoms with E-state index in [-0.39, 0.29) is 11.4 Å². The van der Waals surface area contributed by atoms with Crippen LogP contribution in [0, 0.1) is 10.1 Å². The molecule has 0 aliphatic carbocycles. The molecule has 0 unspecified atom stereocenters. The third-order valence-electron chi connectivity index (χ3n) is 3.48. The van der Waals surface area contributed by atoms with E-state index in [1.165, 1.54) is 18.2 Å². The summed E-state index contributed by atoms with van der Waals surface area (Å²) in [4.78, 5) is 14.9. The zero-order valence-corrected chi connectivity index (χ0v) is 12.8. The largest absolute Gasteiger partial charge is 0.435 e. The number of nitro groups is 1. The van der Waals surface area contributed by atoms with Crippen LogP contribution in [-0.2, 0) is 0 Å². The van der Waals surface area contributed by atoms with Crippen molar-refractivity contribution in [2.45, 2.75) is 6.61 Å². The normalized spacial score (nSPS) is 11.3. The van der Waals surface area contributed by atoms with E-state index in [2.05, 4.69) is 9.72 Å². The zero-order valence-electron chi connectivity index (χ0n) is 12.8. The first kappa shape index (κ1) is 16.5.